The molecule has 0 N–H and O–H groups in total. The zero-order chi connectivity index (χ0) is 43.9. The molecular formula is C51H53FO9. The summed E-state index contributed by atoms with van der Waals surface area (Å²) < 4.78 is 47.3. The van der Waals surface area contributed by atoms with E-state index in [9.17, 15) is 18.8 Å². The number of cyclic esters (lactones) is 1. The number of hydrogen-bond acceptors (Lipinski definition) is 9. The second kappa shape index (κ2) is 22.1. The minimum Gasteiger partial charge on any atom is -0.494 e. The highest BCUT2D eigenvalue weighted by Gasteiger charge is 2.26. The average Bonchev–Trinajstić information content (AvgIpc) is 3.75. The number of carbonyl (C=O) groups excluding carboxylic acids is 3. The minimum atomic E-state index is -0.452. The highest BCUT2D eigenvalue weighted by Crippen LogP contribution is 2.31. The number of unbranched alkanes of at least 4 members (excludes halogenated alkanes) is 2. The Morgan fingerprint density at radius 2 is 1.05 bits per heavy atom. The summed E-state index contributed by atoms with van der Waals surface area (Å²) >= 11 is 0. The normalized spacial score (nSPS) is 15.5. The molecule has 2 heterocycles. The molecule has 2 aliphatic rings. The molecule has 10 heteroatoms. The van der Waals surface area contributed by atoms with Gasteiger partial charge in [-0.05, 0) is 129 Å². The molecule has 0 spiro atoms. The Morgan fingerprint density at radius 1 is 0.607 bits per heavy atom. The molecular weight excluding hydrogens is 776 g/mol. The van der Waals surface area contributed by atoms with E-state index in [0.717, 1.165) is 78.5 Å². The number of hydrogen-bond donors (Lipinski definition) is 0. The first-order chi connectivity index (χ1) is 29.2. The number of ether oxygens (including phenoxy) is 6. The highest BCUT2D eigenvalue weighted by atomic mass is 19.1. The summed E-state index contributed by atoms with van der Waals surface area (Å²) in [5, 5.41) is 0. The van der Waals surface area contributed by atoms with Crippen molar-refractivity contribution in [2.24, 2.45) is 0 Å². The molecule has 4 aromatic carbocycles. The van der Waals surface area contributed by atoms with Crippen LogP contribution in [0.25, 0.3) is 22.3 Å². The van der Waals surface area contributed by atoms with E-state index in [1.54, 1.807) is 44.2 Å². The Labute approximate surface area is 357 Å². The van der Waals surface area contributed by atoms with Gasteiger partial charge in [-0.2, -0.15) is 0 Å². The van der Waals surface area contributed by atoms with Crippen LogP contribution < -0.4 is 18.9 Å². The van der Waals surface area contributed by atoms with Gasteiger partial charge in [-0.15, -0.1) is 0 Å². The van der Waals surface area contributed by atoms with Crippen LogP contribution in [0.15, 0.2) is 152 Å². The Kier molecular flexibility index (Phi) is 16.4. The Hall–Kier alpha value is -6.68. The third-order valence-electron chi connectivity index (χ3n) is 9.86. The molecule has 0 saturated carbocycles. The van der Waals surface area contributed by atoms with E-state index in [4.69, 9.17) is 28.4 Å². The molecule has 0 aliphatic carbocycles. The molecule has 0 bridgehead atoms. The molecule has 2 fully saturated rings. The van der Waals surface area contributed by atoms with E-state index in [-0.39, 0.29) is 29.7 Å². The topological polar surface area (TPSA) is 107 Å². The van der Waals surface area contributed by atoms with Gasteiger partial charge in [-0.1, -0.05) is 75.4 Å². The van der Waals surface area contributed by atoms with Gasteiger partial charge < -0.3 is 28.4 Å². The van der Waals surface area contributed by atoms with Gasteiger partial charge in [0.1, 0.15) is 35.2 Å². The monoisotopic (exact) mass is 828 g/mol. The van der Waals surface area contributed by atoms with E-state index in [2.05, 4.69) is 32.9 Å². The zero-order valence-corrected chi connectivity index (χ0v) is 35.0. The molecule has 0 radical (unpaired) electrons. The van der Waals surface area contributed by atoms with Crippen LogP contribution in [0.5, 0.6) is 23.0 Å². The van der Waals surface area contributed by atoms with Crippen LogP contribution in [0.3, 0.4) is 0 Å². The summed E-state index contributed by atoms with van der Waals surface area (Å²) in [4.78, 5) is 34.3. The maximum Gasteiger partial charge on any atom is 0.338 e. The average molecular weight is 829 g/mol. The molecule has 2 saturated heterocycles. The van der Waals surface area contributed by atoms with E-state index < -0.39 is 11.9 Å². The van der Waals surface area contributed by atoms with Crippen LogP contribution in [0, 0.1) is 5.82 Å². The SMILES string of the molecule is C=C(C)C(=O)Oc1ccc(-c2ccc(OC(=O)C(=C)C)cc2)cc1.C=C1CC(CCCCOc2ccc(-c3ccc(OCCCCC4CC(=C)C(=O)O4)cc3)cc2F)OC1=C. The van der Waals surface area contributed by atoms with Crippen molar-refractivity contribution >= 4 is 17.9 Å². The standard InChI is InChI=1S/C31H35FO5.C20H18O4/c1-21-18-27(36-23(21)3)8-5-7-17-35-30-15-12-25(20-29(30)32)24-10-13-26(14-11-24)34-16-6-4-9-28-19-22(2)31(33)37-28;1-13(2)19(21)23-17-9-5-15(6-10-17)16-7-11-18(12-8-16)24-20(22)14(3)4/h10-15,20,27-28H,1-9,16-19H2;5-12H,1,3H2,2,4H3. The van der Waals surface area contributed by atoms with Gasteiger partial charge >= 0.3 is 17.9 Å². The fourth-order valence-corrected chi connectivity index (χ4v) is 6.35. The van der Waals surface area contributed by atoms with Gasteiger partial charge in [0.05, 0.1) is 13.2 Å². The summed E-state index contributed by atoms with van der Waals surface area (Å²) in [7, 11) is 0. The lowest BCUT2D eigenvalue weighted by Crippen LogP contribution is -2.08. The van der Waals surface area contributed by atoms with Crippen LogP contribution in [0.1, 0.15) is 65.2 Å². The van der Waals surface area contributed by atoms with Crippen molar-refractivity contribution < 1.29 is 47.2 Å². The number of allylic oxidation sites excluding steroid dienone is 1. The molecule has 6 rings (SSSR count). The van der Waals surface area contributed by atoms with Crippen LogP contribution in [0.4, 0.5) is 4.39 Å². The largest absolute Gasteiger partial charge is 0.494 e. The molecule has 2 aliphatic heterocycles. The van der Waals surface area contributed by atoms with Crippen molar-refractivity contribution in [1.82, 2.24) is 0 Å². The molecule has 2 atom stereocenters. The van der Waals surface area contributed by atoms with Crippen LogP contribution in [-0.2, 0) is 23.9 Å². The molecule has 318 valence electrons. The molecule has 2 unspecified atom stereocenters. The van der Waals surface area contributed by atoms with E-state index in [1.807, 2.05) is 54.6 Å². The number of carbonyl (C=O) groups is 3. The number of halogens is 1. The Bertz CT molecular complexity index is 2140. The summed E-state index contributed by atoms with van der Waals surface area (Å²) in [5.74, 6) is 1.08. The van der Waals surface area contributed by atoms with Crippen molar-refractivity contribution in [3.05, 3.63) is 158 Å². The first-order valence-corrected chi connectivity index (χ1v) is 20.3. The van der Waals surface area contributed by atoms with Crippen molar-refractivity contribution in [2.75, 3.05) is 13.2 Å². The lowest BCUT2D eigenvalue weighted by atomic mass is 10.1. The third kappa shape index (κ3) is 14.0. The highest BCUT2D eigenvalue weighted by molar-refractivity contribution is 5.90. The number of benzene rings is 4. The Morgan fingerprint density at radius 3 is 1.49 bits per heavy atom. The lowest BCUT2D eigenvalue weighted by molar-refractivity contribution is -0.139. The van der Waals surface area contributed by atoms with E-state index in [1.165, 1.54) is 6.07 Å². The first kappa shape index (κ1) is 45.4. The number of esters is 3. The van der Waals surface area contributed by atoms with E-state index in [0.29, 0.717) is 53.6 Å². The molecule has 0 amide bonds. The quantitative estimate of drug-likeness (QED) is 0.0419. The van der Waals surface area contributed by atoms with Gasteiger partial charge in [0, 0.05) is 29.6 Å². The summed E-state index contributed by atoms with van der Waals surface area (Å²) in [6.45, 7) is 22.8. The maximum atomic E-state index is 14.6. The lowest BCUT2D eigenvalue weighted by Gasteiger charge is -2.12. The van der Waals surface area contributed by atoms with Crippen molar-refractivity contribution in [3.63, 3.8) is 0 Å². The fraction of sp³-hybridized carbons (Fsp3) is 0.275. The number of rotatable bonds is 18. The second-order valence-corrected chi connectivity index (χ2v) is 15.1. The van der Waals surface area contributed by atoms with Gasteiger partial charge in [0.2, 0.25) is 0 Å². The van der Waals surface area contributed by atoms with Crippen molar-refractivity contribution in [2.45, 2.75) is 77.4 Å². The Balaban J connectivity index is 0.000000254. The molecule has 4 aromatic rings. The predicted octanol–water partition coefficient (Wildman–Crippen LogP) is 11.6. The summed E-state index contributed by atoms with van der Waals surface area (Å²) in [6, 6.07) is 26.9. The fourth-order valence-electron chi connectivity index (χ4n) is 6.35. The summed E-state index contributed by atoms with van der Waals surface area (Å²) in [5.41, 5.74) is 5.80. The molecule has 9 nitrogen and oxygen atoms in total. The van der Waals surface area contributed by atoms with Crippen molar-refractivity contribution in [1.29, 1.82) is 0 Å². The predicted molar refractivity (Wildman–Crippen MR) is 235 cm³/mol. The van der Waals surface area contributed by atoms with Crippen molar-refractivity contribution in [3.8, 4) is 45.3 Å². The van der Waals surface area contributed by atoms with Gasteiger partial charge in [0.25, 0.3) is 0 Å². The summed E-state index contributed by atoms with van der Waals surface area (Å²) in [6.07, 6.45) is 6.84. The maximum absolute atomic E-state index is 14.6. The van der Waals surface area contributed by atoms with Crippen LogP contribution >= 0.6 is 0 Å². The van der Waals surface area contributed by atoms with Gasteiger partial charge in [0.15, 0.2) is 11.6 Å². The molecule has 0 aromatic heterocycles. The zero-order valence-electron chi connectivity index (χ0n) is 35.0. The molecule has 61 heavy (non-hydrogen) atoms. The first-order valence-electron chi connectivity index (χ1n) is 20.3. The third-order valence-corrected chi connectivity index (χ3v) is 9.86. The smallest absolute Gasteiger partial charge is 0.338 e. The van der Waals surface area contributed by atoms with Crippen LogP contribution in [0.2, 0.25) is 0 Å². The second-order valence-electron chi connectivity index (χ2n) is 15.1. The van der Waals surface area contributed by atoms with Gasteiger partial charge in [-0.25, -0.2) is 18.8 Å². The minimum absolute atomic E-state index is 0.0457. The van der Waals surface area contributed by atoms with E-state index >= 15 is 0 Å². The van der Waals surface area contributed by atoms with Crippen LogP contribution in [-0.4, -0.2) is 43.3 Å². The van der Waals surface area contributed by atoms with Gasteiger partial charge in [-0.3, -0.25) is 0 Å².